The van der Waals surface area contributed by atoms with E-state index in [0.717, 1.165) is 24.5 Å². The summed E-state index contributed by atoms with van der Waals surface area (Å²) in [7, 11) is 3.17. The zero-order valence-corrected chi connectivity index (χ0v) is 24.0. The Labute approximate surface area is 242 Å². The third kappa shape index (κ3) is 7.71. The molecule has 1 N–H and O–H groups in total. The first kappa shape index (κ1) is 29.3. The molecule has 0 radical (unpaired) electrons. The average molecular weight is 586 g/mol. The lowest BCUT2D eigenvalue weighted by Gasteiger charge is -2.36. The molecule has 0 aliphatic carbocycles. The van der Waals surface area contributed by atoms with Crippen LogP contribution in [0.4, 0.5) is 10.8 Å². The molecule has 212 valence electrons. The second-order valence-corrected chi connectivity index (χ2v) is 10.4. The number of thiazole rings is 1. The van der Waals surface area contributed by atoms with Gasteiger partial charge in [-0.2, -0.15) is 0 Å². The quantitative estimate of drug-likeness (QED) is 0.368. The number of nitrogens with one attached hydrogen (secondary N) is 1. The number of aromatic nitrogens is 1. The number of piperazine rings is 1. The van der Waals surface area contributed by atoms with E-state index in [-0.39, 0.29) is 37.9 Å². The number of nitrogens with zero attached hydrogens (tertiary/aromatic N) is 4. The van der Waals surface area contributed by atoms with Gasteiger partial charge < -0.3 is 29.5 Å². The fourth-order valence-corrected chi connectivity index (χ4v) is 5.25. The third-order valence-electron chi connectivity index (χ3n) is 6.49. The van der Waals surface area contributed by atoms with Gasteiger partial charge >= 0.3 is 0 Å². The predicted octanol–water partition coefficient (Wildman–Crippen LogP) is 3.42. The van der Waals surface area contributed by atoms with Gasteiger partial charge in [-0.1, -0.05) is 23.7 Å². The molecule has 1 aliphatic heterocycles. The molecule has 1 aromatic heterocycles. The van der Waals surface area contributed by atoms with Crippen LogP contribution in [-0.4, -0.2) is 92.6 Å². The smallest absolute Gasteiger partial charge is 0.255 e. The third-order valence-corrected chi connectivity index (χ3v) is 7.63. The highest BCUT2D eigenvalue weighted by Gasteiger charge is 2.24. The molecular weight excluding hydrogens is 554 g/mol. The van der Waals surface area contributed by atoms with Gasteiger partial charge in [0.1, 0.15) is 12.3 Å². The Hall–Kier alpha value is -3.67. The molecule has 0 bridgehead atoms. The van der Waals surface area contributed by atoms with E-state index in [1.54, 1.807) is 36.8 Å². The van der Waals surface area contributed by atoms with E-state index in [4.69, 9.17) is 21.1 Å². The summed E-state index contributed by atoms with van der Waals surface area (Å²) >= 11 is 7.42. The number of ether oxygens (including phenoxy) is 2. The molecule has 10 nitrogen and oxygen atoms in total. The van der Waals surface area contributed by atoms with Gasteiger partial charge in [0.2, 0.25) is 11.8 Å². The van der Waals surface area contributed by atoms with Crippen LogP contribution in [0.5, 0.6) is 5.75 Å². The molecule has 1 saturated heterocycles. The normalized spacial score (nSPS) is 13.2. The lowest BCUT2D eigenvalue weighted by Crippen LogP contribution is -2.49. The molecule has 0 atom stereocenters. The van der Waals surface area contributed by atoms with Crippen molar-refractivity contribution in [1.29, 1.82) is 0 Å². The maximum Gasteiger partial charge on any atom is 0.255 e. The van der Waals surface area contributed by atoms with Gasteiger partial charge in [0, 0.05) is 50.9 Å². The Kier molecular flexibility index (Phi) is 10.3. The van der Waals surface area contributed by atoms with Crippen molar-refractivity contribution in [2.24, 2.45) is 0 Å². The molecule has 12 heteroatoms. The second-order valence-electron chi connectivity index (χ2n) is 9.13. The number of carbonyl (C=O) groups is 3. The minimum Gasteiger partial charge on any atom is -0.497 e. The number of anilines is 2. The Bertz CT molecular complexity index is 1310. The summed E-state index contributed by atoms with van der Waals surface area (Å²) < 4.78 is 10.3. The molecule has 1 fully saturated rings. The Balaban J connectivity index is 1.28. The summed E-state index contributed by atoms with van der Waals surface area (Å²) in [5.74, 6) is 0.0349. The minimum absolute atomic E-state index is 0.00589. The summed E-state index contributed by atoms with van der Waals surface area (Å²) in [5, 5.41) is 5.18. The van der Waals surface area contributed by atoms with Crippen LogP contribution in [0.2, 0.25) is 5.02 Å². The lowest BCUT2D eigenvalue weighted by atomic mass is 10.2. The molecule has 3 amide bonds. The largest absolute Gasteiger partial charge is 0.497 e. The van der Waals surface area contributed by atoms with Gasteiger partial charge in [-0.15, -0.1) is 11.3 Å². The molecule has 40 heavy (non-hydrogen) atoms. The van der Waals surface area contributed by atoms with Crippen molar-refractivity contribution in [3.63, 3.8) is 0 Å². The van der Waals surface area contributed by atoms with Crippen LogP contribution in [0.1, 0.15) is 16.1 Å². The van der Waals surface area contributed by atoms with Crippen LogP contribution in [0.3, 0.4) is 0 Å². The molecule has 0 unspecified atom stereocenters. The van der Waals surface area contributed by atoms with Gasteiger partial charge in [0.05, 0.1) is 36.4 Å². The van der Waals surface area contributed by atoms with E-state index in [1.165, 1.54) is 23.3 Å². The molecule has 3 aromatic rings. The van der Waals surface area contributed by atoms with Crippen LogP contribution in [-0.2, 0) is 20.7 Å². The van der Waals surface area contributed by atoms with E-state index < -0.39 is 5.91 Å². The first-order valence-corrected chi connectivity index (χ1v) is 14.1. The lowest BCUT2D eigenvalue weighted by molar-refractivity contribution is -0.130. The number of benzene rings is 2. The number of halogens is 1. The van der Waals surface area contributed by atoms with Crippen LogP contribution >= 0.6 is 22.9 Å². The monoisotopic (exact) mass is 585 g/mol. The van der Waals surface area contributed by atoms with Crippen LogP contribution in [0.15, 0.2) is 53.9 Å². The number of methoxy groups -OCH3 is 2. The summed E-state index contributed by atoms with van der Waals surface area (Å²) in [4.78, 5) is 48.6. The van der Waals surface area contributed by atoms with E-state index in [2.05, 4.69) is 15.2 Å². The molecule has 0 saturated carbocycles. The van der Waals surface area contributed by atoms with Gasteiger partial charge in [0.25, 0.3) is 5.91 Å². The van der Waals surface area contributed by atoms with E-state index in [9.17, 15) is 14.4 Å². The summed E-state index contributed by atoms with van der Waals surface area (Å²) in [5.41, 5.74) is 2.00. The molecule has 2 aromatic carbocycles. The highest BCUT2D eigenvalue weighted by molar-refractivity contribution is 7.13. The van der Waals surface area contributed by atoms with Crippen molar-refractivity contribution in [2.45, 2.75) is 6.42 Å². The fourth-order valence-electron chi connectivity index (χ4n) is 4.31. The highest BCUT2D eigenvalue weighted by atomic mass is 35.5. The summed E-state index contributed by atoms with van der Waals surface area (Å²) in [6.45, 7) is 3.01. The van der Waals surface area contributed by atoms with Crippen molar-refractivity contribution >= 4 is 51.5 Å². The van der Waals surface area contributed by atoms with Crippen LogP contribution in [0.25, 0.3) is 0 Å². The van der Waals surface area contributed by atoms with Crippen molar-refractivity contribution in [1.82, 2.24) is 14.8 Å². The summed E-state index contributed by atoms with van der Waals surface area (Å²) in [6.07, 6.45) is 0.153. The Morgan fingerprint density at radius 1 is 1.05 bits per heavy atom. The molecular formula is C28H32ClN5O5S. The topological polar surface area (TPSA) is 104 Å². The van der Waals surface area contributed by atoms with Crippen molar-refractivity contribution in [2.75, 3.05) is 70.3 Å². The minimum atomic E-state index is -0.404. The maximum absolute atomic E-state index is 13.0. The van der Waals surface area contributed by atoms with Gasteiger partial charge in [-0.05, 0) is 36.4 Å². The molecule has 4 rings (SSSR count). The first-order chi connectivity index (χ1) is 19.4. The van der Waals surface area contributed by atoms with Crippen molar-refractivity contribution in [3.05, 3.63) is 70.2 Å². The number of amides is 3. The standard InChI is InChI=1S/C28H32ClN5O5S/c1-38-16-15-34(27(37)23-5-3-4-6-24(23)29)18-25(35)31-28-30-20(19-40-28)17-26(36)33-13-11-32(12-14-33)21-7-9-22(39-2)10-8-21/h3-10,19H,11-18H2,1-2H3,(H,30,31,35). The molecule has 2 heterocycles. The zero-order valence-electron chi connectivity index (χ0n) is 22.5. The van der Waals surface area contributed by atoms with Gasteiger partial charge in [0.15, 0.2) is 5.13 Å². The van der Waals surface area contributed by atoms with Crippen LogP contribution < -0.4 is 15.0 Å². The van der Waals surface area contributed by atoms with Crippen LogP contribution in [0, 0.1) is 0 Å². The Morgan fingerprint density at radius 2 is 1.77 bits per heavy atom. The average Bonchev–Trinajstić information content (AvgIpc) is 3.41. The van der Waals surface area contributed by atoms with Gasteiger partial charge in [-0.3, -0.25) is 14.4 Å². The SMILES string of the molecule is COCCN(CC(=O)Nc1nc(CC(=O)N2CCN(c3ccc(OC)cc3)CC2)cs1)C(=O)c1ccccc1Cl. The van der Waals surface area contributed by atoms with Crippen molar-refractivity contribution in [3.8, 4) is 5.75 Å². The van der Waals surface area contributed by atoms with Gasteiger partial charge in [-0.25, -0.2) is 4.98 Å². The second kappa shape index (κ2) is 14.1. The fraction of sp³-hybridized carbons (Fsp3) is 0.357. The zero-order chi connectivity index (χ0) is 28.5. The Morgan fingerprint density at radius 3 is 2.45 bits per heavy atom. The molecule has 1 aliphatic rings. The van der Waals surface area contributed by atoms with E-state index >= 15 is 0 Å². The first-order valence-electron chi connectivity index (χ1n) is 12.8. The number of rotatable bonds is 11. The number of carbonyl (C=O) groups excluding carboxylic acids is 3. The predicted molar refractivity (Wildman–Crippen MR) is 155 cm³/mol. The molecule has 0 spiro atoms. The highest BCUT2D eigenvalue weighted by Crippen LogP contribution is 2.22. The number of hydrogen-bond acceptors (Lipinski definition) is 8. The maximum atomic E-state index is 13.0. The van der Waals surface area contributed by atoms with E-state index in [0.29, 0.717) is 34.5 Å². The number of hydrogen-bond donors (Lipinski definition) is 1. The van der Waals surface area contributed by atoms with E-state index in [1.807, 2.05) is 29.2 Å². The van der Waals surface area contributed by atoms with Crippen molar-refractivity contribution < 1.29 is 23.9 Å². The summed E-state index contributed by atoms with van der Waals surface area (Å²) in [6, 6.07) is 14.6.